The highest BCUT2D eigenvalue weighted by atomic mass is 16.3. The van der Waals surface area contributed by atoms with E-state index in [0.29, 0.717) is 0 Å². The van der Waals surface area contributed by atoms with Gasteiger partial charge in [0.2, 0.25) is 7.98 Å². The van der Waals surface area contributed by atoms with Gasteiger partial charge in [0, 0.05) is 11.8 Å². The van der Waals surface area contributed by atoms with E-state index >= 15 is 0 Å². The number of hydrogen-bond acceptors (Lipinski definition) is 2. The summed E-state index contributed by atoms with van der Waals surface area (Å²) >= 11 is 0. The summed E-state index contributed by atoms with van der Waals surface area (Å²) in [6.07, 6.45) is 0. The van der Waals surface area contributed by atoms with Crippen LogP contribution in [0.25, 0.3) is 0 Å². The molecule has 50 valence electrons. The largest absolute Gasteiger partial charge is 0.508 e. The predicted molar refractivity (Wildman–Crippen MR) is 42.3 cm³/mol. The molecule has 0 spiro atoms. The predicted octanol–water partition coefficient (Wildman–Crippen LogP) is 0.912. The first-order chi connectivity index (χ1) is 4.70. The number of benzene rings is 1. The minimum Gasteiger partial charge on any atom is -0.508 e. The molecule has 0 bridgehead atoms. The van der Waals surface area contributed by atoms with Gasteiger partial charge in [-0.3, -0.25) is 0 Å². The minimum absolute atomic E-state index is 0.231. The van der Waals surface area contributed by atoms with Gasteiger partial charge in [-0.15, -0.1) is 0 Å². The quantitative estimate of drug-likeness (QED) is 0.575. The van der Waals surface area contributed by atoms with E-state index in [4.69, 9.17) is 13.1 Å². The first-order valence-electron chi connectivity index (χ1n) is 2.97. The van der Waals surface area contributed by atoms with Crippen LogP contribution in [0.3, 0.4) is 0 Å². The van der Waals surface area contributed by atoms with Gasteiger partial charge in [0.15, 0.2) is 0 Å². The van der Waals surface area contributed by atoms with Crippen LogP contribution in [0.4, 0.5) is 5.69 Å². The maximum Gasteiger partial charge on any atom is 0.226 e. The SMILES string of the molecule is [B]N(C)c1cccc(O)c1. The molecular weight excluding hydrogens is 125 g/mol. The fourth-order valence-electron chi connectivity index (χ4n) is 0.712. The number of phenolic OH excluding ortho intramolecular Hbond substituents is 1. The summed E-state index contributed by atoms with van der Waals surface area (Å²) in [5, 5.41) is 8.98. The summed E-state index contributed by atoms with van der Waals surface area (Å²) in [5.74, 6) is 0.231. The van der Waals surface area contributed by atoms with Crippen molar-refractivity contribution >= 4 is 13.7 Å². The van der Waals surface area contributed by atoms with E-state index in [2.05, 4.69) is 0 Å². The molecule has 2 nitrogen and oxygen atoms in total. The van der Waals surface area contributed by atoms with Crippen molar-refractivity contribution in [3.05, 3.63) is 24.3 Å². The number of nitrogens with zero attached hydrogens (tertiary/aromatic N) is 1. The first-order valence-corrected chi connectivity index (χ1v) is 2.97. The van der Waals surface area contributed by atoms with E-state index in [1.54, 1.807) is 25.2 Å². The van der Waals surface area contributed by atoms with Gasteiger partial charge in [-0.2, -0.15) is 0 Å². The Kier molecular flexibility index (Phi) is 1.85. The van der Waals surface area contributed by atoms with Crippen molar-refractivity contribution in [1.82, 2.24) is 0 Å². The highest BCUT2D eigenvalue weighted by Gasteiger charge is 1.93. The van der Waals surface area contributed by atoms with E-state index in [1.165, 1.54) is 4.81 Å². The van der Waals surface area contributed by atoms with E-state index in [0.717, 1.165) is 5.69 Å². The third kappa shape index (κ3) is 1.44. The molecule has 0 atom stereocenters. The lowest BCUT2D eigenvalue weighted by Gasteiger charge is -2.11. The van der Waals surface area contributed by atoms with Crippen LogP contribution in [0.15, 0.2) is 24.3 Å². The molecule has 1 N–H and O–H groups in total. The molecule has 1 aromatic rings. The third-order valence-electron chi connectivity index (χ3n) is 1.24. The van der Waals surface area contributed by atoms with Gasteiger partial charge < -0.3 is 9.92 Å². The summed E-state index contributed by atoms with van der Waals surface area (Å²) in [4.78, 5) is 1.44. The number of phenols is 1. The van der Waals surface area contributed by atoms with Crippen molar-refractivity contribution in [2.45, 2.75) is 0 Å². The highest BCUT2D eigenvalue weighted by molar-refractivity contribution is 6.17. The van der Waals surface area contributed by atoms with Crippen LogP contribution in [0.5, 0.6) is 5.75 Å². The molecule has 0 aliphatic heterocycles. The standard InChI is InChI=1S/C7H8BNO/c1-9(8)6-3-2-4-7(10)5-6/h2-5,10H,1H3. The second kappa shape index (κ2) is 2.65. The lowest BCUT2D eigenvalue weighted by atomic mass is 10.2. The molecule has 0 aromatic heterocycles. The highest BCUT2D eigenvalue weighted by Crippen LogP contribution is 2.16. The number of aromatic hydroxyl groups is 1. The number of anilines is 1. The van der Waals surface area contributed by atoms with Gasteiger partial charge in [0.05, 0.1) is 0 Å². The van der Waals surface area contributed by atoms with Crippen LogP contribution in [0, 0.1) is 0 Å². The fourth-order valence-corrected chi connectivity index (χ4v) is 0.712. The minimum atomic E-state index is 0.231. The maximum absolute atomic E-state index is 8.98. The van der Waals surface area contributed by atoms with Crippen LogP contribution in [-0.2, 0) is 0 Å². The zero-order valence-corrected chi connectivity index (χ0v) is 5.78. The van der Waals surface area contributed by atoms with Crippen molar-refractivity contribution in [3.63, 3.8) is 0 Å². The monoisotopic (exact) mass is 133 g/mol. The van der Waals surface area contributed by atoms with Gasteiger partial charge in [-0.1, -0.05) is 6.07 Å². The van der Waals surface area contributed by atoms with Crippen LogP contribution in [0.1, 0.15) is 0 Å². The van der Waals surface area contributed by atoms with Gasteiger partial charge in [-0.25, -0.2) is 0 Å². The van der Waals surface area contributed by atoms with Crippen LogP contribution in [0.2, 0.25) is 0 Å². The first kappa shape index (κ1) is 7.00. The lowest BCUT2D eigenvalue weighted by Crippen LogP contribution is -2.10. The van der Waals surface area contributed by atoms with Gasteiger partial charge in [0.1, 0.15) is 5.75 Å². The zero-order chi connectivity index (χ0) is 7.56. The molecule has 0 amide bonds. The van der Waals surface area contributed by atoms with Crippen molar-refractivity contribution in [2.75, 3.05) is 11.9 Å². The number of rotatable bonds is 1. The number of hydrogen-bond donors (Lipinski definition) is 1. The fraction of sp³-hybridized carbons (Fsp3) is 0.143. The smallest absolute Gasteiger partial charge is 0.226 e. The van der Waals surface area contributed by atoms with E-state index in [9.17, 15) is 0 Å². The summed E-state index contributed by atoms with van der Waals surface area (Å²) in [5.41, 5.74) is 0.792. The average Bonchev–Trinajstić information content (AvgIpc) is 1.88. The van der Waals surface area contributed by atoms with Crippen molar-refractivity contribution < 1.29 is 5.11 Å². The van der Waals surface area contributed by atoms with Gasteiger partial charge in [-0.05, 0) is 19.2 Å². The molecule has 10 heavy (non-hydrogen) atoms. The van der Waals surface area contributed by atoms with E-state index in [1.807, 2.05) is 6.07 Å². The summed E-state index contributed by atoms with van der Waals surface area (Å²) in [6, 6.07) is 6.76. The molecule has 0 saturated carbocycles. The molecule has 1 rings (SSSR count). The molecule has 0 fully saturated rings. The summed E-state index contributed by atoms with van der Waals surface area (Å²) < 4.78 is 0. The van der Waals surface area contributed by atoms with Crippen LogP contribution < -0.4 is 4.81 Å². The van der Waals surface area contributed by atoms with Crippen LogP contribution >= 0.6 is 0 Å². The van der Waals surface area contributed by atoms with Gasteiger partial charge >= 0.3 is 0 Å². The van der Waals surface area contributed by atoms with E-state index in [-0.39, 0.29) is 5.75 Å². The molecule has 0 aliphatic carbocycles. The Balaban J connectivity index is 2.96. The molecule has 1 aromatic carbocycles. The maximum atomic E-state index is 8.98. The summed E-state index contributed by atoms with van der Waals surface area (Å²) in [7, 11) is 7.12. The van der Waals surface area contributed by atoms with Crippen molar-refractivity contribution in [1.29, 1.82) is 0 Å². The molecular formula is C7H8BNO. The van der Waals surface area contributed by atoms with Crippen molar-refractivity contribution in [2.24, 2.45) is 0 Å². The summed E-state index contributed by atoms with van der Waals surface area (Å²) in [6.45, 7) is 0. The zero-order valence-electron chi connectivity index (χ0n) is 5.78. The second-order valence-electron chi connectivity index (χ2n) is 2.13. The molecule has 2 radical (unpaired) electrons. The second-order valence-corrected chi connectivity index (χ2v) is 2.13. The molecule has 0 heterocycles. The lowest BCUT2D eigenvalue weighted by molar-refractivity contribution is 0.475. The van der Waals surface area contributed by atoms with E-state index < -0.39 is 0 Å². The molecule has 3 heteroatoms. The molecule has 0 saturated heterocycles. The Morgan fingerprint density at radius 2 is 2.20 bits per heavy atom. The Morgan fingerprint density at radius 3 is 2.60 bits per heavy atom. The third-order valence-corrected chi connectivity index (χ3v) is 1.24. The molecule has 0 aliphatic rings. The van der Waals surface area contributed by atoms with Gasteiger partial charge in [0.25, 0.3) is 0 Å². The Labute approximate surface area is 61.5 Å². The average molecular weight is 133 g/mol. The molecule has 0 unspecified atom stereocenters. The van der Waals surface area contributed by atoms with Crippen molar-refractivity contribution in [3.8, 4) is 5.75 Å². The Bertz CT molecular complexity index is 225. The Morgan fingerprint density at radius 1 is 1.50 bits per heavy atom. The normalized spacial score (nSPS) is 9.30. The van der Waals surface area contributed by atoms with Crippen LogP contribution in [-0.4, -0.2) is 20.1 Å². The topological polar surface area (TPSA) is 23.5 Å². The Hall–Kier alpha value is -1.12.